The van der Waals surface area contributed by atoms with Crippen LogP contribution < -0.4 is 14.2 Å². The van der Waals surface area contributed by atoms with E-state index in [2.05, 4.69) is 41.3 Å². The lowest BCUT2D eigenvalue weighted by molar-refractivity contribution is 0.194. The lowest BCUT2D eigenvalue weighted by Crippen LogP contribution is -2.34. The normalized spacial score (nSPS) is 19.6. The molecule has 2 aromatic rings. The first kappa shape index (κ1) is 21.8. The number of rotatable bonds is 6. The molecule has 2 heterocycles. The van der Waals surface area contributed by atoms with Gasteiger partial charge in [0.05, 0.1) is 20.8 Å². The van der Waals surface area contributed by atoms with Crippen LogP contribution in [0.25, 0.3) is 0 Å². The fourth-order valence-corrected chi connectivity index (χ4v) is 4.65. The Morgan fingerprint density at radius 1 is 0.966 bits per heavy atom. The van der Waals surface area contributed by atoms with Crippen LogP contribution in [0.3, 0.4) is 0 Å². The molecule has 0 saturated carbocycles. The Morgan fingerprint density at radius 3 is 2.48 bits per heavy atom. The lowest BCUT2D eigenvalue weighted by Gasteiger charge is -2.34. The van der Waals surface area contributed by atoms with Crippen molar-refractivity contribution >= 4 is 12.4 Å². The number of ether oxygens (including phenoxy) is 3. The van der Waals surface area contributed by atoms with E-state index < -0.39 is 0 Å². The van der Waals surface area contributed by atoms with E-state index in [-0.39, 0.29) is 12.4 Å². The van der Waals surface area contributed by atoms with Gasteiger partial charge in [-0.15, -0.1) is 12.4 Å². The molecule has 4 nitrogen and oxygen atoms in total. The van der Waals surface area contributed by atoms with Crippen molar-refractivity contribution in [2.75, 3.05) is 40.5 Å². The van der Waals surface area contributed by atoms with Gasteiger partial charge in [-0.1, -0.05) is 24.3 Å². The summed E-state index contributed by atoms with van der Waals surface area (Å²) < 4.78 is 16.7. The molecule has 1 fully saturated rings. The molecule has 0 radical (unpaired) electrons. The van der Waals surface area contributed by atoms with Crippen molar-refractivity contribution in [3.8, 4) is 17.2 Å². The second-order valence-electron chi connectivity index (χ2n) is 7.89. The number of para-hydroxylation sites is 1. The van der Waals surface area contributed by atoms with E-state index >= 15 is 0 Å². The highest BCUT2D eigenvalue weighted by Gasteiger charge is 2.25. The molecule has 29 heavy (non-hydrogen) atoms. The highest BCUT2D eigenvalue weighted by Crippen LogP contribution is 2.37. The van der Waals surface area contributed by atoms with Crippen molar-refractivity contribution in [3.05, 3.63) is 53.6 Å². The number of hydrogen-bond acceptors (Lipinski definition) is 4. The summed E-state index contributed by atoms with van der Waals surface area (Å²) in [5.41, 5.74) is 2.77. The molecule has 158 valence electrons. The monoisotopic (exact) mass is 417 g/mol. The van der Waals surface area contributed by atoms with E-state index in [1.165, 1.54) is 50.0 Å². The van der Waals surface area contributed by atoms with Crippen LogP contribution in [0.15, 0.2) is 42.5 Å². The molecule has 0 aromatic heterocycles. The number of hydrogen-bond donors (Lipinski definition) is 0. The summed E-state index contributed by atoms with van der Waals surface area (Å²) in [7, 11) is 3.39. The number of nitrogens with zero attached hydrogens (tertiary/aromatic N) is 1. The van der Waals surface area contributed by atoms with Gasteiger partial charge in [0.2, 0.25) is 0 Å². The van der Waals surface area contributed by atoms with Gasteiger partial charge in [0.15, 0.2) is 11.5 Å². The third-order valence-electron chi connectivity index (χ3n) is 6.34. The van der Waals surface area contributed by atoms with Gasteiger partial charge in [-0.3, -0.25) is 0 Å². The van der Waals surface area contributed by atoms with E-state index in [0.29, 0.717) is 11.8 Å². The summed E-state index contributed by atoms with van der Waals surface area (Å²) in [5.74, 6) is 3.97. The van der Waals surface area contributed by atoms with Crippen molar-refractivity contribution in [3.63, 3.8) is 0 Å². The Morgan fingerprint density at radius 2 is 1.72 bits per heavy atom. The first-order valence-electron chi connectivity index (χ1n) is 10.4. The molecule has 1 atom stereocenters. The number of likely N-dealkylation sites (tertiary alicyclic amines) is 1. The van der Waals surface area contributed by atoms with Gasteiger partial charge in [-0.2, -0.15) is 0 Å². The summed E-state index contributed by atoms with van der Waals surface area (Å²) in [6.45, 7) is 4.37. The van der Waals surface area contributed by atoms with E-state index in [4.69, 9.17) is 14.2 Å². The van der Waals surface area contributed by atoms with Crippen LogP contribution in [0.2, 0.25) is 0 Å². The molecular weight excluding hydrogens is 386 g/mol. The average molecular weight is 418 g/mol. The maximum absolute atomic E-state index is 5.81. The minimum Gasteiger partial charge on any atom is -0.493 e. The first-order chi connectivity index (χ1) is 13.8. The van der Waals surface area contributed by atoms with Crippen molar-refractivity contribution in [2.24, 2.45) is 0 Å². The number of halogens is 1. The topological polar surface area (TPSA) is 30.9 Å². The molecule has 2 aromatic carbocycles. The SMILES string of the molecule is COc1ccc(C2CCN(CCC3CCOc4ccccc43)CC2)cc1OC.Cl. The number of methoxy groups -OCH3 is 2. The van der Waals surface area contributed by atoms with Gasteiger partial charge < -0.3 is 19.1 Å². The zero-order valence-electron chi connectivity index (χ0n) is 17.4. The van der Waals surface area contributed by atoms with E-state index in [9.17, 15) is 0 Å². The van der Waals surface area contributed by atoms with Gasteiger partial charge in [0, 0.05) is 0 Å². The third kappa shape index (κ3) is 4.99. The van der Waals surface area contributed by atoms with Crippen LogP contribution in [0.1, 0.15) is 48.6 Å². The predicted molar refractivity (Wildman–Crippen MR) is 119 cm³/mol. The van der Waals surface area contributed by atoms with Crippen LogP contribution in [-0.4, -0.2) is 45.4 Å². The minimum atomic E-state index is 0. The van der Waals surface area contributed by atoms with Crippen LogP contribution in [0.5, 0.6) is 17.2 Å². The average Bonchev–Trinajstić information content (AvgIpc) is 2.77. The quantitative estimate of drug-likeness (QED) is 0.641. The smallest absolute Gasteiger partial charge is 0.160 e. The van der Waals surface area contributed by atoms with Crippen molar-refractivity contribution in [2.45, 2.75) is 37.5 Å². The van der Waals surface area contributed by atoms with E-state index in [0.717, 1.165) is 30.3 Å². The number of benzene rings is 2. The molecule has 4 rings (SSSR count). The summed E-state index contributed by atoms with van der Waals surface area (Å²) in [5, 5.41) is 0. The van der Waals surface area contributed by atoms with Crippen molar-refractivity contribution in [1.29, 1.82) is 0 Å². The van der Waals surface area contributed by atoms with Crippen molar-refractivity contribution in [1.82, 2.24) is 4.90 Å². The van der Waals surface area contributed by atoms with E-state index in [1.54, 1.807) is 14.2 Å². The number of piperidine rings is 1. The molecule has 0 spiro atoms. The second-order valence-corrected chi connectivity index (χ2v) is 7.89. The highest BCUT2D eigenvalue weighted by atomic mass is 35.5. The molecule has 1 saturated heterocycles. The zero-order valence-corrected chi connectivity index (χ0v) is 18.2. The maximum Gasteiger partial charge on any atom is 0.160 e. The fourth-order valence-electron chi connectivity index (χ4n) is 4.65. The first-order valence-corrected chi connectivity index (χ1v) is 10.4. The molecule has 5 heteroatoms. The summed E-state index contributed by atoms with van der Waals surface area (Å²) in [6.07, 6.45) is 4.78. The van der Waals surface area contributed by atoms with Gasteiger partial charge in [-0.25, -0.2) is 0 Å². The van der Waals surface area contributed by atoms with Gasteiger partial charge in [0.25, 0.3) is 0 Å². The largest absolute Gasteiger partial charge is 0.493 e. The Balaban J connectivity index is 0.00000240. The molecule has 2 aliphatic rings. The van der Waals surface area contributed by atoms with Gasteiger partial charge in [-0.05, 0) is 86.5 Å². The molecule has 0 aliphatic carbocycles. The Bertz CT molecular complexity index is 789. The van der Waals surface area contributed by atoms with Crippen LogP contribution in [0, 0.1) is 0 Å². The molecule has 0 amide bonds. The standard InChI is InChI=1S/C24H31NO3.ClH/c1-26-23-8-7-20(17-24(23)27-2)18-9-13-25(14-10-18)15-11-19-12-16-28-22-6-4-3-5-21(19)22;/h3-8,17-19H,9-16H2,1-2H3;1H. The number of fused-ring (bicyclic) bond motifs is 1. The fraction of sp³-hybridized carbons (Fsp3) is 0.500. The molecule has 0 bridgehead atoms. The maximum atomic E-state index is 5.81. The molecular formula is C24H32ClNO3. The van der Waals surface area contributed by atoms with E-state index in [1.807, 2.05) is 6.07 Å². The van der Waals surface area contributed by atoms with Gasteiger partial charge in [0.1, 0.15) is 5.75 Å². The highest BCUT2D eigenvalue weighted by molar-refractivity contribution is 5.85. The summed E-state index contributed by atoms with van der Waals surface area (Å²) in [6, 6.07) is 14.9. The predicted octanol–water partition coefficient (Wildman–Crippen LogP) is 5.26. The minimum absolute atomic E-state index is 0. The van der Waals surface area contributed by atoms with Gasteiger partial charge >= 0.3 is 0 Å². The van der Waals surface area contributed by atoms with Crippen LogP contribution in [-0.2, 0) is 0 Å². The third-order valence-corrected chi connectivity index (χ3v) is 6.34. The van der Waals surface area contributed by atoms with Crippen LogP contribution >= 0.6 is 12.4 Å². The van der Waals surface area contributed by atoms with Crippen LogP contribution in [0.4, 0.5) is 0 Å². The summed E-state index contributed by atoms with van der Waals surface area (Å²) >= 11 is 0. The Labute approximate surface area is 180 Å². The zero-order chi connectivity index (χ0) is 19.3. The Kier molecular flexibility index (Phi) is 7.68. The summed E-state index contributed by atoms with van der Waals surface area (Å²) in [4.78, 5) is 2.63. The molecule has 0 N–H and O–H groups in total. The molecule has 2 aliphatic heterocycles. The Hall–Kier alpha value is -1.91. The molecule has 1 unspecified atom stereocenters. The second kappa shape index (κ2) is 10.2. The lowest BCUT2D eigenvalue weighted by atomic mass is 9.87. The van der Waals surface area contributed by atoms with Crippen molar-refractivity contribution < 1.29 is 14.2 Å².